The number of benzene rings is 2. The Morgan fingerprint density at radius 2 is 1.89 bits per heavy atom. The fourth-order valence-electron chi connectivity index (χ4n) is 4.78. The molecule has 1 aliphatic carbocycles. The zero-order chi connectivity index (χ0) is 25.8. The summed E-state index contributed by atoms with van der Waals surface area (Å²) in [7, 11) is 0. The van der Waals surface area contributed by atoms with E-state index in [0.29, 0.717) is 47.4 Å². The Morgan fingerprint density at radius 3 is 2.65 bits per heavy atom. The van der Waals surface area contributed by atoms with Gasteiger partial charge in [0.1, 0.15) is 11.6 Å². The molecule has 194 valence electrons. The van der Waals surface area contributed by atoms with Crippen molar-refractivity contribution in [3.8, 4) is 5.75 Å². The molecule has 0 unspecified atom stereocenters. The number of hydrogen-bond acceptors (Lipinski definition) is 6. The molecule has 37 heavy (non-hydrogen) atoms. The summed E-state index contributed by atoms with van der Waals surface area (Å²) in [5.41, 5.74) is 1.30. The largest absolute Gasteiger partial charge is 0.483 e. The van der Waals surface area contributed by atoms with Crippen LogP contribution in [0.4, 0.5) is 0 Å². The molecule has 1 saturated heterocycles. The molecule has 8 nitrogen and oxygen atoms in total. The van der Waals surface area contributed by atoms with Crippen LogP contribution in [0.15, 0.2) is 55.2 Å². The van der Waals surface area contributed by atoms with Crippen LogP contribution in [0.2, 0.25) is 0 Å². The maximum atomic E-state index is 13.5. The van der Waals surface area contributed by atoms with Crippen LogP contribution < -0.4 is 10.3 Å². The van der Waals surface area contributed by atoms with Gasteiger partial charge in [-0.25, -0.2) is 4.98 Å². The number of carbonyl (C=O) groups excluding carboxylic acids is 1. The highest BCUT2D eigenvalue weighted by Crippen LogP contribution is 2.32. The Hall–Kier alpha value is -2.56. The molecule has 1 aromatic heterocycles. The number of halogens is 2. The summed E-state index contributed by atoms with van der Waals surface area (Å²) in [6.45, 7) is 2.24. The number of nitrogens with zero attached hydrogens (tertiary/aromatic N) is 4. The monoisotopic (exact) mass is 630 g/mol. The molecule has 0 atom stereocenters. The van der Waals surface area contributed by atoms with Crippen molar-refractivity contribution in [1.82, 2.24) is 14.6 Å². The average Bonchev–Trinajstić information content (AvgIpc) is 2.93. The van der Waals surface area contributed by atoms with Gasteiger partial charge in [0.25, 0.3) is 11.5 Å². The van der Waals surface area contributed by atoms with Gasteiger partial charge in [0.15, 0.2) is 6.61 Å². The second-order valence-electron chi connectivity index (χ2n) is 9.30. The highest BCUT2D eigenvalue weighted by molar-refractivity contribution is 9.10. The maximum absolute atomic E-state index is 13.5. The van der Waals surface area contributed by atoms with Gasteiger partial charge in [0.05, 0.1) is 34.8 Å². The quantitative estimate of drug-likeness (QED) is 0.354. The fourth-order valence-corrected chi connectivity index (χ4v) is 5.66. The number of aromatic nitrogens is 2. The van der Waals surface area contributed by atoms with Crippen LogP contribution in [0.3, 0.4) is 0 Å². The summed E-state index contributed by atoms with van der Waals surface area (Å²) < 4.78 is 14.0. The van der Waals surface area contributed by atoms with Gasteiger partial charge < -0.3 is 14.4 Å². The van der Waals surface area contributed by atoms with E-state index in [1.165, 1.54) is 11.1 Å². The molecular formula is C27H28Br2N4O4. The van der Waals surface area contributed by atoms with Crippen LogP contribution in [-0.4, -0.2) is 59.6 Å². The van der Waals surface area contributed by atoms with Gasteiger partial charge in [-0.2, -0.15) is 9.78 Å². The molecule has 0 N–H and O–H groups in total. The topological polar surface area (TPSA) is 86.0 Å². The number of amides is 1. The van der Waals surface area contributed by atoms with Gasteiger partial charge in [-0.15, -0.1) is 0 Å². The molecule has 1 aliphatic heterocycles. The smallest absolute Gasteiger partial charge is 0.282 e. The molecule has 2 fully saturated rings. The van der Waals surface area contributed by atoms with Gasteiger partial charge in [0.2, 0.25) is 0 Å². The van der Waals surface area contributed by atoms with E-state index in [2.05, 4.69) is 37.0 Å². The predicted octanol–water partition coefficient (Wildman–Crippen LogP) is 5.09. The fraction of sp³-hybridized carbons (Fsp3) is 0.407. The van der Waals surface area contributed by atoms with Crippen LogP contribution >= 0.6 is 31.9 Å². The molecule has 3 aromatic rings. The lowest BCUT2D eigenvalue weighted by molar-refractivity contribution is -0.137. The van der Waals surface area contributed by atoms with Crippen molar-refractivity contribution in [1.29, 1.82) is 0 Å². The van der Waals surface area contributed by atoms with E-state index in [0.717, 1.165) is 41.5 Å². The zero-order valence-corrected chi connectivity index (χ0v) is 23.5. The molecule has 5 rings (SSSR count). The summed E-state index contributed by atoms with van der Waals surface area (Å²) in [5.74, 6) is 1.43. The average molecular weight is 632 g/mol. The normalized spacial score (nSPS) is 17.0. The SMILES string of the molecule is O=C(COc1ccc(C=Nn2c(C3CCCCC3)nc3ccc(Br)cc3c2=O)cc1Br)N1CCOCC1. The number of fused-ring (bicyclic) bond motifs is 1. The lowest BCUT2D eigenvalue weighted by Gasteiger charge is -2.26. The maximum Gasteiger partial charge on any atom is 0.282 e. The Morgan fingerprint density at radius 1 is 1.11 bits per heavy atom. The van der Waals surface area contributed by atoms with Crippen molar-refractivity contribution in [2.45, 2.75) is 38.0 Å². The van der Waals surface area contributed by atoms with E-state index < -0.39 is 0 Å². The summed E-state index contributed by atoms with van der Waals surface area (Å²) in [6, 6.07) is 11.1. The molecule has 0 bridgehead atoms. The van der Waals surface area contributed by atoms with Crippen molar-refractivity contribution in [3.05, 3.63) is 67.1 Å². The second kappa shape index (κ2) is 11.9. The van der Waals surface area contributed by atoms with E-state index in [9.17, 15) is 9.59 Å². The van der Waals surface area contributed by atoms with Gasteiger partial charge in [0, 0.05) is 23.5 Å². The van der Waals surface area contributed by atoms with Crippen molar-refractivity contribution < 1.29 is 14.3 Å². The molecule has 2 heterocycles. The van der Waals surface area contributed by atoms with Crippen molar-refractivity contribution >= 4 is 54.9 Å². The molecule has 0 radical (unpaired) electrons. The van der Waals surface area contributed by atoms with E-state index in [-0.39, 0.29) is 24.0 Å². The number of rotatable bonds is 6. The van der Waals surface area contributed by atoms with E-state index in [1.807, 2.05) is 24.3 Å². The molecule has 1 saturated carbocycles. The first-order chi connectivity index (χ1) is 18.0. The Kier molecular flexibility index (Phi) is 8.36. The molecule has 2 aromatic carbocycles. The molecule has 0 spiro atoms. The zero-order valence-electron chi connectivity index (χ0n) is 20.4. The summed E-state index contributed by atoms with van der Waals surface area (Å²) in [6.07, 6.45) is 7.14. The minimum absolute atomic E-state index is 0.0372. The molecular weight excluding hydrogens is 604 g/mol. The van der Waals surface area contributed by atoms with Crippen molar-refractivity contribution in [3.63, 3.8) is 0 Å². The van der Waals surface area contributed by atoms with Crippen LogP contribution in [0.25, 0.3) is 10.9 Å². The molecule has 2 aliphatic rings. The van der Waals surface area contributed by atoms with Crippen LogP contribution in [0.5, 0.6) is 5.75 Å². The third-order valence-electron chi connectivity index (χ3n) is 6.80. The first kappa shape index (κ1) is 26.1. The Balaban J connectivity index is 1.38. The number of ether oxygens (including phenoxy) is 2. The highest BCUT2D eigenvalue weighted by Gasteiger charge is 2.23. The highest BCUT2D eigenvalue weighted by atomic mass is 79.9. The number of hydrogen-bond donors (Lipinski definition) is 0. The lowest BCUT2D eigenvalue weighted by atomic mass is 9.88. The summed E-state index contributed by atoms with van der Waals surface area (Å²) in [4.78, 5) is 32.5. The first-order valence-electron chi connectivity index (χ1n) is 12.5. The van der Waals surface area contributed by atoms with E-state index in [1.54, 1.807) is 23.2 Å². The first-order valence-corrected chi connectivity index (χ1v) is 14.1. The lowest BCUT2D eigenvalue weighted by Crippen LogP contribution is -2.43. The third-order valence-corrected chi connectivity index (χ3v) is 7.91. The van der Waals surface area contributed by atoms with E-state index >= 15 is 0 Å². The van der Waals surface area contributed by atoms with Gasteiger partial charge in [-0.1, -0.05) is 35.2 Å². The number of morpholine rings is 1. The standard InChI is InChI=1S/C27H28Br2N4O4/c28-20-7-8-23-21(15-20)27(35)33(26(31-23)19-4-2-1-3-5-19)30-16-18-6-9-24(22(29)14-18)37-17-25(34)32-10-12-36-13-11-32/h6-9,14-16,19H,1-5,10-13,17H2. The van der Waals surface area contributed by atoms with Crippen LogP contribution in [0, 0.1) is 0 Å². The minimum atomic E-state index is -0.177. The second-order valence-corrected chi connectivity index (χ2v) is 11.1. The van der Waals surface area contributed by atoms with E-state index in [4.69, 9.17) is 14.5 Å². The van der Waals surface area contributed by atoms with Gasteiger partial charge in [-0.05, 0) is 70.7 Å². The molecule has 1 amide bonds. The van der Waals surface area contributed by atoms with Crippen molar-refractivity contribution in [2.24, 2.45) is 5.10 Å². The third kappa shape index (κ3) is 6.13. The molecule has 10 heteroatoms. The van der Waals surface area contributed by atoms with Crippen LogP contribution in [-0.2, 0) is 9.53 Å². The summed E-state index contributed by atoms with van der Waals surface area (Å²) >= 11 is 6.99. The van der Waals surface area contributed by atoms with Crippen LogP contribution in [0.1, 0.15) is 49.4 Å². The Labute approximate surface area is 231 Å². The number of carbonyl (C=O) groups is 1. The van der Waals surface area contributed by atoms with Gasteiger partial charge in [-0.3, -0.25) is 9.59 Å². The van der Waals surface area contributed by atoms with Gasteiger partial charge >= 0.3 is 0 Å². The minimum Gasteiger partial charge on any atom is -0.483 e. The summed E-state index contributed by atoms with van der Waals surface area (Å²) in [5, 5.41) is 5.13. The van der Waals surface area contributed by atoms with Crippen molar-refractivity contribution in [2.75, 3.05) is 32.9 Å². The Bertz CT molecular complexity index is 1380. The predicted molar refractivity (Wildman–Crippen MR) is 150 cm³/mol.